The second-order valence-electron chi connectivity index (χ2n) is 4.73. The Labute approximate surface area is 141 Å². The van der Waals surface area contributed by atoms with Gasteiger partial charge in [0, 0.05) is 32.7 Å². The van der Waals surface area contributed by atoms with E-state index in [1.165, 1.54) is 0 Å². The molecule has 0 saturated carbocycles. The first-order chi connectivity index (χ1) is 6.73. The van der Waals surface area contributed by atoms with Crippen molar-refractivity contribution in [2.75, 3.05) is 0 Å². The molecule has 0 aromatic heterocycles. The molecule has 0 atom stereocenters. The quantitative estimate of drug-likeness (QED) is 0.412. The van der Waals surface area contributed by atoms with Gasteiger partial charge in [0.25, 0.3) is 0 Å². The maximum atomic E-state index is 2.19. The summed E-state index contributed by atoms with van der Waals surface area (Å²) in [4.78, 5) is 0. The summed E-state index contributed by atoms with van der Waals surface area (Å²) in [6.07, 6.45) is 0. The average Bonchev–Trinajstić information content (AvgIpc) is 2.10. The van der Waals surface area contributed by atoms with Crippen molar-refractivity contribution >= 4 is 0 Å². The van der Waals surface area contributed by atoms with E-state index in [4.69, 9.17) is 0 Å². The Morgan fingerprint density at radius 1 is 0.588 bits per heavy atom. The van der Waals surface area contributed by atoms with Crippen LogP contribution in [0.3, 0.4) is 0 Å². The predicted molar refractivity (Wildman–Crippen MR) is 86.1 cm³/mol. The fourth-order valence-electron chi connectivity index (χ4n) is 0. The Morgan fingerprint density at radius 2 is 0.588 bits per heavy atom. The van der Waals surface area contributed by atoms with Crippen molar-refractivity contribution in [3.8, 4) is 0 Å². The second-order valence-corrected chi connectivity index (χ2v) is 4.73. The van der Waals surface area contributed by atoms with Crippen molar-refractivity contribution in [3.63, 3.8) is 0 Å². The van der Waals surface area contributed by atoms with Gasteiger partial charge in [-0.2, -0.15) is 0 Å². The van der Waals surface area contributed by atoms with Gasteiger partial charge in [0.2, 0.25) is 0 Å². The first-order valence-corrected chi connectivity index (χ1v) is 6.73. The molecular formula is C16H43Y-. The summed E-state index contributed by atoms with van der Waals surface area (Å²) in [6.45, 7) is 27.3. The Bertz CT molecular complexity index is 42.3. The van der Waals surface area contributed by atoms with Crippen LogP contribution in [-0.2, 0) is 32.7 Å². The Hall–Kier alpha value is 1.10. The molecule has 0 aliphatic carbocycles. The third-order valence-corrected chi connectivity index (χ3v) is 0. The molecule has 0 rings (SSSR count). The minimum atomic E-state index is 0. The average molecular weight is 324 g/mol. The maximum absolute atomic E-state index is 2.19. The van der Waals surface area contributed by atoms with Crippen LogP contribution in [0, 0.1) is 18.8 Å². The molecule has 111 valence electrons. The third kappa shape index (κ3) is 3200. The van der Waals surface area contributed by atoms with Gasteiger partial charge in [0.05, 0.1) is 0 Å². The Balaban J connectivity index is -0.0000000153. The zero-order valence-corrected chi connectivity index (χ0v) is 18.5. The fourth-order valence-corrected chi connectivity index (χ4v) is 0. The molecule has 17 heavy (non-hydrogen) atoms. The molecule has 0 spiro atoms. The molecule has 0 aliphatic heterocycles. The second kappa shape index (κ2) is 43.4. The van der Waals surface area contributed by atoms with E-state index in [1.54, 1.807) is 0 Å². The van der Waals surface area contributed by atoms with Crippen LogP contribution in [0.25, 0.3) is 0 Å². The molecule has 0 amide bonds. The van der Waals surface area contributed by atoms with Gasteiger partial charge in [0.1, 0.15) is 0 Å². The van der Waals surface area contributed by atoms with Crippen LogP contribution in [-0.4, -0.2) is 0 Å². The summed E-state index contributed by atoms with van der Waals surface area (Å²) in [5.74, 6) is 0.833. The summed E-state index contributed by atoms with van der Waals surface area (Å²) in [5, 5.41) is 0. The van der Waals surface area contributed by atoms with Gasteiger partial charge in [0.15, 0.2) is 0 Å². The van der Waals surface area contributed by atoms with Gasteiger partial charge in [-0.15, -0.1) is 0 Å². The molecule has 0 unspecified atom stereocenters. The van der Waals surface area contributed by atoms with Crippen molar-refractivity contribution in [3.05, 3.63) is 7.43 Å². The topological polar surface area (TPSA) is 0 Å². The predicted octanol–water partition coefficient (Wildman–Crippen LogP) is 7.24. The SMILES string of the molecule is CC.CC.CC.CC(C)(C)C.CC(C)C.[CH3-].[Y]. The molecular weight excluding hydrogens is 281 g/mol. The normalized spacial score (nSPS) is 6.71. The Morgan fingerprint density at radius 3 is 0.588 bits per heavy atom. The molecule has 1 radical (unpaired) electrons. The molecule has 0 bridgehead atoms. The monoisotopic (exact) mass is 324 g/mol. The number of rotatable bonds is 0. The number of hydrogen-bond donors (Lipinski definition) is 0. The standard InChI is InChI=1S/C5H12.C4H10.3C2H6.CH3.Y/c1-5(2,3)4;1-4(2)3;3*1-2;;/h1-4H3;4H,1-3H3;3*1-2H3;1H3;/q;;;;;-1;. The molecule has 0 N–H and O–H groups in total. The molecule has 1 heteroatoms. The zero-order valence-electron chi connectivity index (χ0n) is 15.7. The first-order valence-electron chi connectivity index (χ1n) is 6.73. The van der Waals surface area contributed by atoms with Crippen LogP contribution in [0.15, 0.2) is 0 Å². The van der Waals surface area contributed by atoms with Crippen molar-refractivity contribution in [2.24, 2.45) is 11.3 Å². The van der Waals surface area contributed by atoms with Gasteiger partial charge in [-0.3, -0.25) is 0 Å². The van der Waals surface area contributed by atoms with Crippen molar-refractivity contribution < 1.29 is 32.7 Å². The maximum Gasteiger partial charge on any atom is 0 e. The van der Waals surface area contributed by atoms with Crippen LogP contribution in [0.5, 0.6) is 0 Å². The zero-order chi connectivity index (χ0) is 14.1. The summed E-state index contributed by atoms with van der Waals surface area (Å²) in [6, 6.07) is 0. The van der Waals surface area contributed by atoms with E-state index in [1.807, 2.05) is 41.5 Å². The van der Waals surface area contributed by atoms with E-state index >= 15 is 0 Å². The third-order valence-electron chi connectivity index (χ3n) is 0. The molecule has 0 heterocycles. The van der Waals surface area contributed by atoms with Crippen molar-refractivity contribution in [1.82, 2.24) is 0 Å². The molecule has 0 saturated heterocycles. The van der Waals surface area contributed by atoms with E-state index in [-0.39, 0.29) is 40.1 Å². The smallest absolute Gasteiger partial charge is 0 e. The summed E-state index contributed by atoms with van der Waals surface area (Å²) >= 11 is 0. The molecule has 0 aromatic carbocycles. The van der Waals surface area contributed by atoms with Gasteiger partial charge in [-0.25, -0.2) is 0 Å². The van der Waals surface area contributed by atoms with E-state index in [0.29, 0.717) is 5.41 Å². The molecule has 0 aromatic rings. The van der Waals surface area contributed by atoms with Gasteiger partial charge in [-0.1, -0.05) is 90.0 Å². The number of hydrogen-bond acceptors (Lipinski definition) is 0. The molecule has 0 nitrogen and oxygen atoms in total. The fraction of sp³-hybridized carbons (Fsp3) is 0.938. The molecule has 0 fully saturated rings. The van der Waals surface area contributed by atoms with Crippen LogP contribution in [0.2, 0.25) is 0 Å². The summed E-state index contributed by atoms with van der Waals surface area (Å²) < 4.78 is 0. The minimum absolute atomic E-state index is 0. The largest absolute Gasteiger partial charge is 0.358 e. The van der Waals surface area contributed by atoms with Crippen LogP contribution >= 0.6 is 0 Å². The van der Waals surface area contributed by atoms with Crippen molar-refractivity contribution in [1.29, 1.82) is 0 Å². The van der Waals surface area contributed by atoms with E-state index < -0.39 is 0 Å². The van der Waals surface area contributed by atoms with Gasteiger partial charge in [-0.05, 0) is 11.3 Å². The van der Waals surface area contributed by atoms with Crippen LogP contribution in [0.1, 0.15) is 90.0 Å². The van der Waals surface area contributed by atoms with E-state index in [2.05, 4.69) is 48.5 Å². The van der Waals surface area contributed by atoms with Crippen LogP contribution < -0.4 is 0 Å². The molecule has 0 aliphatic rings. The van der Waals surface area contributed by atoms with E-state index in [9.17, 15) is 0 Å². The summed E-state index contributed by atoms with van der Waals surface area (Å²) in [7, 11) is 0. The van der Waals surface area contributed by atoms with Gasteiger partial charge >= 0.3 is 0 Å². The van der Waals surface area contributed by atoms with Crippen molar-refractivity contribution in [2.45, 2.75) is 90.0 Å². The Kier molecular flexibility index (Phi) is 110. The van der Waals surface area contributed by atoms with Crippen LogP contribution in [0.4, 0.5) is 0 Å². The van der Waals surface area contributed by atoms with E-state index in [0.717, 1.165) is 5.92 Å². The summed E-state index contributed by atoms with van der Waals surface area (Å²) in [5.41, 5.74) is 0.500. The van der Waals surface area contributed by atoms with Gasteiger partial charge < -0.3 is 7.43 Å². The minimum Gasteiger partial charge on any atom is -0.358 e. The first kappa shape index (κ1) is 43.0.